The van der Waals surface area contributed by atoms with Crippen molar-refractivity contribution in [3.8, 4) is 5.75 Å². The number of esters is 1. The fourth-order valence-corrected chi connectivity index (χ4v) is 5.06. The molecule has 2 atom stereocenters. The molecule has 1 fully saturated rings. The number of ether oxygens (including phenoxy) is 2. The van der Waals surface area contributed by atoms with E-state index < -0.39 is 0 Å². The van der Waals surface area contributed by atoms with Gasteiger partial charge in [0.25, 0.3) is 0 Å². The minimum Gasteiger partial charge on any atom is -0.496 e. The molecule has 5 nitrogen and oxygen atoms in total. The molecule has 0 aromatic heterocycles. The van der Waals surface area contributed by atoms with Crippen LogP contribution in [0.1, 0.15) is 40.7 Å². The number of nitrogens with zero attached hydrogens (tertiary/aromatic N) is 2. The number of rotatable bonds is 5. The summed E-state index contributed by atoms with van der Waals surface area (Å²) in [5.74, 6) is 1.41. The van der Waals surface area contributed by atoms with Crippen molar-refractivity contribution in [2.24, 2.45) is 0 Å². The highest BCUT2D eigenvalue weighted by Gasteiger charge is 2.48. The van der Waals surface area contributed by atoms with E-state index in [2.05, 4.69) is 43.1 Å². The number of methoxy groups -OCH3 is 1. The van der Waals surface area contributed by atoms with Gasteiger partial charge in [-0.05, 0) is 80.9 Å². The second-order valence-electron chi connectivity index (χ2n) is 8.98. The van der Waals surface area contributed by atoms with E-state index in [1.807, 2.05) is 43.3 Å². The molecule has 0 N–H and O–H groups in total. The number of likely N-dealkylation sites (N-methyl/N-ethyl adjacent to an activating group) is 1. The van der Waals surface area contributed by atoms with Crippen LogP contribution in [0.3, 0.4) is 0 Å². The van der Waals surface area contributed by atoms with Crippen LogP contribution in [0.25, 0.3) is 0 Å². The summed E-state index contributed by atoms with van der Waals surface area (Å²) in [6.45, 7) is 3.12. The van der Waals surface area contributed by atoms with Crippen LogP contribution in [-0.4, -0.2) is 51.7 Å². The number of benzene rings is 2. The van der Waals surface area contributed by atoms with Gasteiger partial charge >= 0.3 is 5.97 Å². The van der Waals surface area contributed by atoms with Gasteiger partial charge in [0.05, 0.1) is 12.7 Å². The van der Waals surface area contributed by atoms with Gasteiger partial charge < -0.3 is 14.4 Å². The highest BCUT2D eigenvalue weighted by Crippen LogP contribution is 2.48. The van der Waals surface area contributed by atoms with Gasteiger partial charge in [-0.2, -0.15) is 0 Å². The number of carbonyl (C=O) groups is 1. The van der Waals surface area contributed by atoms with Crippen molar-refractivity contribution in [2.45, 2.75) is 37.6 Å². The fraction of sp³-hybridized carbons (Fsp3) is 0.423. The average molecular weight is 421 g/mol. The number of hydrogen-bond acceptors (Lipinski definition) is 5. The van der Waals surface area contributed by atoms with Crippen molar-refractivity contribution in [3.05, 3.63) is 71.0 Å². The number of allylic oxidation sites excluding steroid dienone is 1. The zero-order chi connectivity index (χ0) is 22.2. The zero-order valence-electron chi connectivity index (χ0n) is 19.1. The monoisotopic (exact) mass is 420 g/mol. The van der Waals surface area contributed by atoms with Gasteiger partial charge in [0.15, 0.2) is 0 Å². The van der Waals surface area contributed by atoms with E-state index in [1.165, 1.54) is 5.56 Å². The largest absolute Gasteiger partial charge is 0.496 e. The number of carbonyl (C=O) groups excluding carboxylic acids is 1. The van der Waals surface area contributed by atoms with Crippen molar-refractivity contribution in [1.82, 2.24) is 4.90 Å². The molecule has 0 radical (unpaired) electrons. The molecule has 0 spiro atoms. The molecule has 2 aromatic carbocycles. The first-order valence-corrected chi connectivity index (χ1v) is 10.9. The molecule has 5 heteroatoms. The molecule has 164 valence electrons. The Bertz CT molecular complexity index is 996. The lowest BCUT2D eigenvalue weighted by molar-refractivity contribution is 0.0593. The van der Waals surface area contributed by atoms with E-state index >= 15 is 0 Å². The first-order valence-electron chi connectivity index (χ1n) is 10.9. The third-order valence-corrected chi connectivity index (χ3v) is 6.93. The summed E-state index contributed by atoms with van der Waals surface area (Å²) in [4.78, 5) is 17.1. The lowest BCUT2D eigenvalue weighted by Crippen LogP contribution is -2.42. The van der Waals surface area contributed by atoms with Crippen LogP contribution in [0.2, 0.25) is 0 Å². The van der Waals surface area contributed by atoms with Gasteiger partial charge in [0.2, 0.25) is 0 Å². The Morgan fingerprint density at radius 1 is 1.13 bits per heavy atom. The Labute approximate surface area is 185 Å². The van der Waals surface area contributed by atoms with Crippen LogP contribution in [0, 0.1) is 6.92 Å². The Balaban J connectivity index is 1.56. The predicted molar refractivity (Wildman–Crippen MR) is 124 cm³/mol. The highest BCUT2D eigenvalue weighted by molar-refractivity contribution is 5.90. The number of anilines is 1. The first kappa shape index (κ1) is 21.4. The number of fused-ring (bicyclic) bond motifs is 1. The second kappa shape index (κ2) is 8.39. The maximum absolute atomic E-state index is 12.7. The van der Waals surface area contributed by atoms with Crippen LogP contribution in [0.5, 0.6) is 5.75 Å². The Morgan fingerprint density at radius 3 is 2.52 bits per heavy atom. The Hall–Kier alpha value is -2.79. The van der Waals surface area contributed by atoms with Crippen molar-refractivity contribution < 1.29 is 14.3 Å². The van der Waals surface area contributed by atoms with Crippen LogP contribution >= 0.6 is 0 Å². The van der Waals surface area contributed by atoms with Crippen LogP contribution in [0.4, 0.5) is 5.69 Å². The number of aryl methyl sites for hydroxylation is 1. The molecule has 1 aliphatic heterocycles. The summed E-state index contributed by atoms with van der Waals surface area (Å²) in [6, 6.07) is 14.3. The van der Waals surface area contributed by atoms with Gasteiger partial charge in [0, 0.05) is 37.7 Å². The minimum atomic E-state index is -0.287. The van der Waals surface area contributed by atoms with Crippen molar-refractivity contribution >= 4 is 11.7 Å². The summed E-state index contributed by atoms with van der Waals surface area (Å²) in [5.41, 5.74) is 4.19. The van der Waals surface area contributed by atoms with Crippen LogP contribution < -0.4 is 9.64 Å². The van der Waals surface area contributed by atoms with Crippen LogP contribution in [-0.2, 0) is 10.2 Å². The topological polar surface area (TPSA) is 42.0 Å². The first-order chi connectivity index (χ1) is 14.8. The summed E-state index contributed by atoms with van der Waals surface area (Å²) < 4.78 is 11.3. The van der Waals surface area contributed by atoms with Crippen molar-refractivity contribution in [3.63, 3.8) is 0 Å². The predicted octanol–water partition coefficient (Wildman–Crippen LogP) is 4.55. The van der Waals surface area contributed by atoms with Crippen molar-refractivity contribution in [2.75, 3.05) is 39.7 Å². The molecule has 2 unspecified atom stereocenters. The van der Waals surface area contributed by atoms with Crippen molar-refractivity contribution in [1.29, 1.82) is 0 Å². The molecule has 1 aliphatic carbocycles. The quantitative estimate of drug-likeness (QED) is 0.664. The van der Waals surface area contributed by atoms with Gasteiger partial charge in [0.1, 0.15) is 11.5 Å². The maximum atomic E-state index is 12.7. The molecule has 1 heterocycles. The number of likely N-dealkylation sites (tertiary alicyclic amines) is 1. The highest BCUT2D eigenvalue weighted by atomic mass is 16.5. The molecule has 2 aliphatic rings. The Kier molecular flexibility index (Phi) is 5.80. The fourth-order valence-electron chi connectivity index (χ4n) is 5.06. The third kappa shape index (κ3) is 3.94. The van der Waals surface area contributed by atoms with Gasteiger partial charge in [-0.1, -0.05) is 12.1 Å². The van der Waals surface area contributed by atoms with E-state index in [9.17, 15) is 4.79 Å². The lowest BCUT2D eigenvalue weighted by atomic mass is 9.68. The third-order valence-electron chi connectivity index (χ3n) is 6.93. The second-order valence-corrected chi connectivity index (χ2v) is 8.98. The maximum Gasteiger partial charge on any atom is 0.343 e. The molecular formula is C26H32N2O3. The number of hydrogen-bond donors (Lipinski definition) is 0. The molecule has 1 saturated heterocycles. The van der Waals surface area contributed by atoms with Crippen LogP contribution in [0.15, 0.2) is 54.3 Å². The molecular weight excluding hydrogens is 388 g/mol. The minimum absolute atomic E-state index is 0.0506. The van der Waals surface area contributed by atoms with E-state index in [4.69, 9.17) is 9.47 Å². The Morgan fingerprint density at radius 2 is 1.87 bits per heavy atom. The summed E-state index contributed by atoms with van der Waals surface area (Å²) >= 11 is 0. The van der Waals surface area contributed by atoms with E-state index in [0.717, 1.165) is 48.6 Å². The normalized spacial score (nSPS) is 23.1. The standard InChI is InChI=1S/C26H32N2O3/c1-18-16-20(8-11-23(18)30-5)26-13-12-22(17-24(26)28(4)15-14-26)31-25(29)19-6-9-21(10-7-19)27(2)3/h6-11,16-17,24H,12-15H2,1-5H3. The lowest BCUT2D eigenvalue weighted by Gasteiger charge is -2.40. The summed E-state index contributed by atoms with van der Waals surface area (Å²) in [6.07, 6.45) is 5.00. The van der Waals surface area contributed by atoms with E-state index in [-0.39, 0.29) is 17.4 Å². The van der Waals surface area contributed by atoms with Gasteiger partial charge in [-0.15, -0.1) is 0 Å². The van der Waals surface area contributed by atoms with E-state index in [0.29, 0.717) is 5.56 Å². The SMILES string of the molecule is COc1ccc(C23CCC(OC(=O)c4ccc(N(C)C)cc4)=CC2N(C)CC3)cc1C. The summed E-state index contributed by atoms with van der Waals surface area (Å²) in [7, 11) is 7.83. The molecule has 4 rings (SSSR count). The summed E-state index contributed by atoms with van der Waals surface area (Å²) in [5, 5.41) is 0. The smallest absolute Gasteiger partial charge is 0.343 e. The molecule has 2 aromatic rings. The average Bonchev–Trinajstić information content (AvgIpc) is 3.11. The van der Waals surface area contributed by atoms with E-state index in [1.54, 1.807) is 7.11 Å². The molecule has 0 bridgehead atoms. The molecule has 0 amide bonds. The zero-order valence-corrected chi connectivity index (χ0v) is 19.1. The van der Waals surface area contributed by atoms with Gasteiger partial charge in [-0.3, -0.25) is 4.90 Å². The molecule has 0 saturated carbocycles. The van der Waals surface area contributed by atoms with Gasteiger partial charge in [-0.25, -0.2) is 4.79 Å². The molecule has 31 heavy (non-hydrogen) atoms.